The second-order valence-corrected chi connectivity index (χ2v) is 8.10. The van der Waals surface area contributed by atoms with Gasteiger partial charge in [-0.05, 0) is 38.3 Å². The van der Waals surface area contributed by atoms with Crippen LogP contribution in [0.1, 0.15) is 43.5 Å². The Bertz CT molecular complexity index is 769. The third-order valence-corrected chi connectivity index (χ3v) is 6.32. The van der Waals surface area contributed by atoms with Crippen LogP contribution in [0.3, 0.4) is 0 Å². The average molecular weight is 381 g/mol. The van der Waals surface area contributed by atoms with E-state index in [2.05, 4.69) is 61.4 Å². The number of guanidine groups is 1. The van der Waals surface area contributed by atoms with Crippen molar-refractivity contribution in [1.82, 2.24) is 25.1 Å². The van der Waals surface area contributed by atoms with E-state index in [4.69, 9.17) is 0 Å². The average Bonchev–Trinajstić information content (AvgIpc) is 3.13. The van der Waals surface area contributed by atoms with Gasteiger partial charge in [0.25, 0.3) is 0 Å². The fourth-order valence-electron chi connectivity index (χ4n) is 4.72. The first kappa shape index (κ1) is 19.0. The molecule has 4 rings (SSSR count). The largest absolute Gasteiger partial charge is 0.354 e. The zero-order valence-electron chi connectivity index (χ0n) is 17.0. The predicted octanol–water partition coefficient (Wildman–Crippen LogP) is 2.61. The van der Waals surface area contributed by atoms with Crippen molar-refractivity contribution in [2.24, 2.45) is 4.99 Å². The van der Waals surface area contributed by atoms with Crippen molar-refractivity contribution in [3.8, 4) is 0 Å². The standard InChI is InChI=1S/C22H32N6/c1-23-22(26-18-13-19-9-6-10-20(14-18)27(19)2)25-15-21-24-11-12-28(21)16-17-7-4-3-5-8-17/h3-5,7-8,11-12,18-20H,6,9-10,13-16H2,1-2H3,(H2,23,25,26). The number of nitrogens with one attached hydrogen (secondary N) is 2. The van der Waals surface area contributed by atoms with E-state index < -0.39 is 0 Å². The van der Waals surface area contributed by atoms with Gasteiger partial charge in [0.1, 0.15) is 5.82 Å². The highest BCUT2D eigenvalue weighted by Gasteiger charge is 2.36. The second-order valence-electron chi connectivity index (χ2n) is 8.10. The van der Waals surface area contributed by atoms with Crippen molar-refractivity contribution >= 4 is 5.96 Å². The van der Waals surface area contributed by atoms with E-state index in [1.54, 1.807) is 0 Å². The van der Waals surface area contributed by atoms with Crippen LogP contribution in [0.4, 0.5) is 0 Å². The van der Waals surface area contributed by atoms with Gasteiger partial charge in [0, 0.05) is 44.1 Å². The molecule has 0 radical (unpaired) electrons. The zero-order valence-corrected chi connectivity index (χ0v) is 17.0. The van der Waals surface area contributed by atoms with Crippen LogP contribution < -0.4 is 10.6 Å². The third kappa shape index (κ3) is 4.38. The molecule has 6 nitrogen and oxygen atoms in total. The molecule has 0 spiro atoms. The van der Waals surface area contributed by atoms with Gasteiger partial charge in [0.05, 0.1) is 6.54 Å². The number of benzene rings is 1. The number of imidazole rings is 1. The molecule has 1 aromatic heterocycles. The van der Waals surface area contributed by atoms with Crippen LogP contribution in [0, 0.1) is 0 Å². The maximum absolute atomic E-state index is 4.53. The lowest BCUT2D eigenvalue weighted by atomic mass is 9.82. The van der Waals surface area contributed by atoms with Gasteiger partial charge in [0.2, 0.25) is 0 Å². The summed E-state index contributed by atoms with van der Waals surface area (Å²) in [6.45, 7) is 1.50. The molecule has 2 bridgehead atoms. The van der Waals surface area contributed by atoms with Crippen molar-refractivity contribution < 1.29 is 0 Å². The van der Waals surface area contributed by atoms with Gasteiger partial charge in [-0.3, -0.25) is 4.99 Å². The highest BCUT2D eigenvalue weighted by molar-refractivity contribution is 5.79. The summed E-state index contributed by atoms with van der Waals surface area (Å²) >= 11 is 0. The van der Waals surface area contributed by atoms with Crippen LogP contribution in [-0.4, -0.2) is 52.6 Å². The fraction of sp³-hybridized carbons (Fsp3) is 0.545. The van der Waals surface area contributed by atoms with Crippen LogP contribution >= 0.6 is 0 Å². The molecular formula is C22H32N6. The Morgan fingerprint density at radius 3 is 2.64 bits per heavy atom. The number of piperidine rings is 2. The molecule has 150 valence electrons. The lowest BCUT2D eigenvalue weighted by Crippen LogP contribution is -2.56. The molecule has 2 unspecified atom stereocenters. The fourth-order valence-corrected chi connectivity index (χ4v) is 4.72. The quantitative estimate of drug-likeness (QED) is 0.618. The molecule has 0 aliphatic carbocycles. The van der Waals surface area contributed by atoms with Gasteiger partial charge >= 0.3 is 0 Å². The Balaban J connectivity index is 1.32. The monoisotopic (exact) mass is 380 g/mol. The molecule has 2 fully saturated rings. The Labute approximate surface area is 168 Å². The number of aromatic nitrogens is 2. The first-order valence-corrected chi connectivity index (χ1v) is 10.5. The maximum Gasteiger partial charge on any atom is 0.191 e. The van der Waals surface area contributed by atoms with Gasteiger partial charge < -0.3 is 20.1 Å². The molecule has 2 aromatic rings. The van der Waals surface area contributed by atoms with E-state index in [9.17, 15) is 0 Å². The third-order valence-electron chi connectivity index (χ3n) is 6.32. The van der Waals surface area contributed by atoms with Crippen LogP contribution in [0.2, 0.25) is 0 Å². The summed E-state index contributed by atoms with van der Waals surface area (Å²) in [6.07, 6.45) is 10.4. The molecule has 0 amide bonds. The lowest BCUT2D eigenvalue weighted by molar-refractivity contribution is 0.0526. The predicted molar refractivity (Wildman–Crippen MR) is 113 cm³/mol. The number of hydrogen-bond acceptors (Lipinski definition) is 3. The summed E-state index contributed by atoms with van der Waals surface area (Å²) in [5, 5.41) is 7.13. The van der Waals surface area contributed by atoms with E-state index in [0.717, 1.165) is 18.3 Å². The number of rotatable bonds is 5. The van der Waals surface area contributed by atoms with Crippen LogP contribution in [0.25, 0.3) is 0 Å². The summed E-state index contributed by atoms with van der Waals surface area (Å²) in [4.78, 5) is 11.6. The molecule has 2 atom stereocenters. The van der Waals surface area contributed by atoms with E-state index in [-0.39, 0.29) is 0 Å². The number of aliphatic imine (C=N–C) groups is 1. The first-order chi connectivity index (χ1) is 13.7. The van der Waals surface area contributed by atoms with Gasteiger partial charge in [-0.2, -0.15) is 0 Å². The van der Waals surface area contributed by atoms with E-state index in [0.29, 0.717) is 24.7 Å². The van der Waals surface area contributed by atoms with Gasteiger partial charge in [-0.1, -0.05) is 36.8 Å². The highest BCUT2D eigenvalue weighted by Crippen LogP contribution is 2.32. The Hall–Kier alpha value is -2.34. The van der Waals surface area contributed by atoms with E-state index >= 15 is 0 Å². The van der Waals surface area contributed by atoms with Gasteiger partial charge in [0.15, 0.2) is 5.96 Å². The molecule has 0 saturated carbocycles. The van der Waals surface area contributed by atoms with Gasteiger partial charge in [-0.15, -0.1) is 0 Å². The molecule has 6 heteroatoms. The summed E-state index contributed by atoms with van der Waals surface area (Å²) in [7, 11) is 4.14. The summed E-state index contributed by atoms with van der Waals surface area (Å²) < 4.78 is 2.19. The molecule has 2 saturated heterocycles. The van der Waals surface area contributed by atoms with Crippen molar-refractivity contribution in [1.29, 1.82) is 0 Å². The van der Waals surface area contributed by atoms with Crippen molar-refractivity contribution in [2.45, 2.75) is 63.3 Å². The van der Waals surface area contributed by atoms with Crippen LogP contribution in [0.5, 0.6) is 0 Å². The van der Waals surface area contributed by atoms with Crippen molar-refractivity contribution in [2.75, 3.05) is 14.1 Å². The smallest absolute Gasteiger partial charge is 0.191 e. The van der Waals surface area contributed by atoms with Crippen molar-refractivity contribution in [3.05, 3.63) is 54.1 Å². The highest BCUT2D eigenvalue weighted by atomic mass is 15.2. The molecule has 28 heavy (non-hydrogen) atoms. The SMILES string of the molecule is CN=C(NCc1nccn1Cc1ccccc1)NC1CC2CCCC(C1)N2C. The molecule has 2 aliphatic rings. The van der Waals surface area contributed by atoms with Crippen LogP contribution in [0.15, 0.2) is 47.7 Å². The maximum atomic E-state index is 4.53. The zero-order chi connectivity index (χ0) is 19.3. The minimum absolute atomic E-state index is 0.502. The van der Waals surface area contributed by atoms with E-state index in [1.807, 2.05) is 25.5 Å². The molecular weight excluding hydrogens is 348 g/mol. The topological polar surface area (TPSA) is 57.5 Å². The minimum atomic E-state index is 0.502. The van der Waals surface area contributed by atoms with Gasteiger partial charge in [-0.25, -0.2) is 4.98 Å². The number of nitrogens with zero attached hydrogens (tertiary/aromatic N) is 4. The first-order valence-electron chi connectivity index (χ1n) is 10.5. The van der Waals surface area contributed by atoms with Crippen molar-refractivity contribution in [3.63, 3.8) is 0 Å². The normalized spacial score (nSPS) is 25.5. The Kier molecular flexibility index (Phi) is 5.95. The lowest BCUT2D eigenvalue weighted by Gasteiger charge is -2.47. The number of hydrogen-bond donors (Lipinski definition) is 2. The molecule has 2 aliphatic heterocycles. The summed E-state index contributed by atoms with van der Waals surface area (Å²) in [5.74, 6) is 1.90. The molecule has 3 heterocycles. The summed E-state index contributed by atoms with van der Waals surface area (Å²) in [5.41, 5.74) is 1.28. The van der Waals surface area contributed by atoms with E-state index in [1.165, 1.54) is 37.7 Å². The molecule has 1 aromatic carbocycles. The second kappa shape index (κ2) is 8.78. The summed E-state index contributed by atoms with van der Waals surface area (Å²) in [6, 6.07) is 12.4. The Morgan fingerprint density at radius 1 is 1.18 bits per heavy atom. The Morgan fingerprint density at radius 2 is 1.93 bits per heavy atom. The molecule has 2 N–H and O–H groups in total. The minimum Gasteiger partial charge on any atom is -0.354 e. The van der Waals surface area contributed by atoms with Crippen LogP contribution in [-0.2, 0) is 13.1 Å². The number of fused-ring (bicyclic) bond motifs is 2.